The first kappa shape index (κ1) is 26.1. The van der Waals surface area contributed by atoms with E-state index in [1.807, 2.05) is 0 Å². The standard InChI is InChI=1S/C14H30O6S2.Na.H/c15-21(16,17)13-11-9-7-5-3-1-2-4-6-8-10-12-14-22(18,19)20;;/h1-14H2,(H,15,16,17)(H,18,19,20);;. The second-order valence-electron chi connectivity index (χ2n) is 5.81. The van der Waals surface area contributed by atoms with Gasteiger partial charge < -0.3 is 0 Å². The van der Waals surface area contributed by atoms with Crippen molar-refractivity contribution in [2.24, 2.45) is 0 Å². The van der Waals surface area contributed by atoms with E-state index >= 15 is 0 Å². The third-order valence-corrected chi connectivity index (χ3v) is 5.16. The van der Waals surface area contributed by atoms with Crippen molar-refractivity contribution in [2.75, 3.05) is 11.5 Å². The van der Waals surface area contributed by atoms with E-state index in [1.165, 1.54) is 12.8 Å². The maximum atomic E-state index is 10.5. The third-order valence-electron chi connectivity index (χ3n) is 3.55. The van der Waals surface area contributed by atoms with Crippen molar-refractivity contribution in [3.63, 3.8) is 0 Å². The van der Waals surface area contributed by atoms with Crippen molar-refractivity contribution >= 4 is 49.8 Å². The van der Waals surface area contributed by atoms with Crippen molar-refractivity contribution in [3.05, 3.63) is 0 Å². The van der Waals surface area contributed by atoms with Gasteiger partial charge in [0.15, 0.2) is 0 Å². The Balaban J connectivity index is 0. The van der Waals surface area contributed by atoms with Gasteiger partial charge in [-0.25, -0.2) is 0 Å². The molecule has 0 aromatic carbocycles. The number of hydrogen-bond donors (Lipinski definition) is 2. The molecule has 0 amide bonds. The van der Waals surface area contributed by atoms with Gasteiger partial charge in [-0.15, -0.1) is 0 Å². The van der Waals surface area contributed by atoms with Crippen LogP contribution in [0.1, 0.15) is 77.0 Å². The first-order valence-corrected chi connectivity index (χ1v) is 11.3. The Morgan fingerprint density at radius 3 is 0.783 bits per heavy atom. The van der Waals surface area contributed by atoms with Gasteiger partial charge in [-0.2, -0.15) is 16.8 Å². The molecule has 0 heterocycles. The Kier molecular flexibility index (Phi) is 17.1. The van der Waals surface area contributed by atoms with Crippen molar-refractivity contribution in [1.29, 1.82) is 0 Å². The van der Waals surface area contributed by atoms with E-state index in [-0.39, 0.29) is 41.1 Å². The fourth-order valence-electron chi connectivity index (χ4n) is 2.34. The average molecular weight is 383 g/mol. The predicted molar refractivity (Wildman–Crippen MR) is 95.4 cm³/mol. The van der Waals surface area contributed by atoms with Gasteiger partial charge in [-0.1, -0.05) is 64.2 Å². The van der Waals surface area contributed by atoms with Gasteiger partial charge in [0.25, 0.3) is 20.2 Å². The molecule has 0 aromatic heterocycles. The van der Waals surface area contributed by atoms with Gasteiger partial charge in [0.1, 0.15) is 0 Å². The van der Waals surface area contributed by atoms with Gasteiger partial charge in [-0.3, -0.25) is 9.11 Å². The molecule has 0 aliphatic carbocycles. The Morgan fingerprint density at radius 2 is 0.609 bits per heavy atom. The van der Waals surface area contributed by atoms with E-state index in [1.54, 1.807) is 0 Å². The topological polar surface area (TPSA) is 109 Å². The molecule has 136 valence electrons. The molecule has 0 fully saturated rings. The summed E-state index contributed by atoms with van der Waals surface area (Å²) in [6.07, 6.45) is 11.6. The molecule has 0 rings (SSSR count). The average Bonchev–Trinajstić information content (AvgIpc) is 2.36. The summed E-state index contributed by atoms with van der Waals surface area (Å²) in [4.78, 5) is 0. The minimum atomic E-state index is -3.79. The van der Waals surface area contributed by atoms with E-state index in [0.29, 0.717) is 12.8 Å². The maximum absolute atomic E-state index is 10.5. The molecule has 0 radical (unpaired) electrons. The first-order chi connectivity index (χ1) is 10.2. The van der Waals surface area contributed by atoms with Crippen LogP contribution in [0, 0.1) is 0 Å². The van der Waals surface area contributed by atoms with Crippen LogP contribution in [0.2, 0.25) is 0 Å². The fourth-order valence-corrected chi connectivity index (χ4v) is 3.47. The van der Waals surface area contributed by atoms with Crippen molar-refractivity contribution in [2.45, 2.75) is 77.0 Å². The molecule has 6 nitrogen and oxygen atoms in total. The zero-order valence-electron chi connectivity index (χ0n) is 13.2. The van der Waals surface area contributed by atoms with Gasteiger partial charge in [0.2, 0.25) is 0 Å². The van der Waals surface area contributed by atoms with Crippen molar-refractivity contribution in [3.8, 4) is 0 Å². The molecule has 0 aromatic rings. The molecule has 0 saturated heterocycles. The summed E-state index contributed by atoms with van der Waals surface area (Å²) in [6.45, 7) is 0. The SMILES string of the molecule is O=S(=O)(O)CCCCCCCCCCCCCCS(=O)(=O)O.[NaH]. The van der Waals surface area contributed by atoms with Gasteiger partial charge in [0.05, 0.1) is 11.5 Å². The van der Waals surface area contributed by atoms with Crippen LogP contribution in [0.5, 0.6) is 0 Å². The van der Waals surface area contributed by atoms with Crippen LogP contribution in [0.4, 0.5) is 0 Å². The summed E-state index contributed by atoms with van der Waals surface area (Å²) >= 11 is 0. The number of hydrogen-bond acceptors (Lipinski definition) is 4. The summed E-state index contributed by atoms with van der Waals surface area (Å²) < 4.78 is 59.1. The second kappa shape index (κ2) is 15.1. The molecule has 0 unspecified atom stereocenters. The summed E-state index contributed by atoms with van der Waals surface area (Å²) in [6, 6.07) is 0. The molecule has 9 heteroatoms. The molecule has 0 bridgehead atoms. The van der Waals surface area contributed by atoms with Crippen LogP contribution in [0.15, 0.2) is 0 Å². The molecule has 23 heavy (non-hydrogen) atoms. The quantitative estimate of drug-likeness (QED) is 0.256. The Labute approximate surface area is 163 Å². The van der Waals surface area contributed by atoms with Crippen LogP contribution in [0.3, 0.4) is 0 Å². The van der Waals surface area contributed by atoms with E-state index in [4.69, 9.17) is 9.11 Å². The van der Waals surface area contributed by atoms with Crippen molar-refractivity contribution in [1.82, 2.24) is 0 Å². The molecule has 2 N–H and O–H groups in total. The summed E-state index contributed by atoms with van der Waals surface area (Å²) in [5.74, 6) is -0.269. The third kappa shape index (κ3) is 25.2. The number of rotatable bonds is 15. The van der Waals surface area contributed by atoms with Crippen LogP contribution in [-0.2, 0) is 20.2 Å². The predicted octanol–water partition coefficient (Wildman–Crippen LogP) is 2.79. The van der Waals surface area contributed by atoms with E-state index in [9.17, 15) is 16.8 Å². The fraction of sp³-hybridized carbons (Fsp3) is 1.00. The van der Waals surface area contributed by atoms with Gasteiger partial charge in [-0.05, 0) is 12.8 Å². The van der Waals surface area contributed by atoms with Crippen LogP contribution < -0.4 is 0 Å². The summed E-state index contributed by atoms with van der Waals surface area (Å²) in [5, 5.41) is 0. The van der Waals surface area contributed by atoms with E-state index < -0.39 is 20.2 Å². The Hall–Kier alpha value is 0.820. The monoisotopic (exact) mass is 382 g/mol. The minimum absolute atomic E-state index is 0. The van der Waals surface area contributed by atoms with Crippen LogP contribution in [0.25, 0.3) is 0 Å². The molecule has 0 atom stereocenters. The summed E-state index contributed by atoms with van der Waals surface area (Å²) in [5.41, 5.74) is 0. The van der Waals surface area contributed by atoms with Gasteiger partial charge >= 0.3 is 29.6 Å². The number of unbranched alkanes of at least 4 members (excludes halogenated alkanes) is 11. The summed E-state index contributed by atoms with van der Waals surface area (Å²) in [7, 11) is -7.59. The zero-order chi connectivity index (χ0) is 16.9. The van der Waals surface area contributed by atoms with Crippen molar-refractivity contribution < 1.29 is 25.9 Å². The van der Waals surface area contributed by atoms with Gasteiger partial charge in [0, 0.05) is 0 Å². The second-order valence-corrected chi connectivity index (χ2v) is 8.96. The normalized spacial score (nSPS) is 12.1. The molecule has 0 spiro atoms. The molecule has 0 aliphatic rings. The Morgan fingerprint density at radius 1 is 0.435 bits per heavy atom. The molecule has 0 aliphatic heterocycles. The first-order valence-electron chi connectivity index (χ1n) is 8.11. The van der Waals surface area contributed by atoms with Crippen LogP contribution >= 0.6 is 0 Å². The van der Waals surface area contributed by atoms with E-state index in [2.05, 4.69) is 0 Å². The molecule has 0 saturated carbocycles. The van der Waals surface area contributed by atoms with E-state index in [0.717, 1.165) is 51.4 Å². The Bertz CT molecular complexity index is 418. The van der Waals surface area contributed by atoms with Crippen LogP contribution in [-0.4, -0.2) is 67.0 Å². The molecular formula is C14H31NaO6S2. The zero-order valence-corrected chi connectivity index (χ0v) is 14.9. The molecular weight excluding hydrogens is 351 g/mol.